The lowest BCUT2D eigenvalue weighted by molar-refractivity contribution is -0.468. The van der Waals surface area contributed by atoms with Gasteiger partial charge >= 0.3 is 5.69 Å². The average Bonchev–Trinajstić information content (AvgIpc) is 2.53. The van der Waals surface area contributed by atoms with Gasteiger partial charge in [-0.2, -0.15) is 4.73 Å². The molecule has 2 heterocycles. The molecule has 1 aliphatic rings. The third-order valence-electron chi connectivity index (χ3n) is 4.04. The van der Waals surface area contributed by atoms with Crippen molar-refractivity contribution >= 4 is 22.5 Å². The van der Waals surface area contributed by atoms with Gasteiger partial charge < -0.3 is 14.8 Å². The van der Waals surface area contributed by atoms with E-state index >= 15 is 0 Å². The molecule has 2 aromatic rings. The Kier molecular flexibility index (Phi) is 3.77. The lowest BCUT2D eigenvalue weighted by atomic mass is 10.2. The van der Waals surface area contributed by atoms with Gasteiger partial charge in [-0.3, -0.25) is 4.79 Å². The molecule has 8 heteroatoms. The summed E-state index contributed by atoms with van der Waals surface area (Å²) >= 11 is 0. The predicted molar refractivity (Wildman–Crippen MR) is 80.2 cm³/mol. The van der Waals surface area contributed by atoms with Gasteiger partial charge in [0, 0.05) is 24.9 Å². The van der Waals surface area contributed by atoms with Gasteiger partial charge in [0.25, 0.3) is 5.52 Å². The van der Waals surface area contributed by atoms with Crippen LogP contribution in [0.2, 0.25) is 0 Å². The van der Waals surface area contributed by atoms with Gasteiger partial charge in [-0.25, -0.2) is 4.39 Å². The zero-order valence-corrected chi connectivity index (χ0v) is 12.9. The highest BCUT2D eigenvalue weighted by Gasteiger charge is 2.28. The molecule has 7 nitrogen and oxygen atoms in total. The van der Waals surface area contributed by atoms with Crippen molar-refractivity contribution in [3.63, 3.8) is 0 Å². The minimum atomic E-state index is -0.581. The van der Waals surface area contributed by atoms with Crippen LogP contribution in [-0.2, 0) is 4.74 Å². The van der Waals surface area contributed by atoms with Crippen molar-refractivity contribution < 1.29 is 23.6 Å². The number of nitrogens with zero attached hydrogens (tertiary/aromatic N) is 3. The largest absolute Gasteiger partial charge is 0.428 e. The van der Waals surface area contributed by atoms with Crippen molar-refractivity contribution in [2.24, 2.45) is 0 Å². The molecule has 3 rings (SSSR count). The third-order valence-corrected chi connectivity index (χ3v) is 4.04. The van der Waals surface area contributed by atoms with Gasteiger partial charge in [0.1, 0.15) is 5.69 Å². The SMILES string of the molecule is CC(=O)c1c(C)n(O)c2cc(N3CCOCC3)c(F)cc2[n+]1=O. The second-order valence-electron chi connectivity index (χ2n) is 5.49. The van der Waals surface area contributed by atoms with Crippen LogP contribution >= 0.6 is 0 Å². The number of carbonyl (C=O) groups is 1. The Hall–Kier alpha value is -2.48. The minimum Gasteiger partial charge on any atom is -0.428 e. The van der Waals surface area contributed by atoms with Gasteiger partial charge in [-0.1, -0.05) is 0 Å². The van der Waals surface area contributed by atoms with Crippen LogP contribution in [0.3, 0.4) is 0 Å². The maximum Gasteiger partial charge on any atom is 0.328 e. The van der Waals surface area contributed by atoms with Crippen molar-refractivity contribution in [2.45, 2.75) is 13.8 Å². The number of hydrogen-bond donors (Lipinski definition) is 1. The molecule has 23 heavy (non-hydrogen) atoms. The summed E-state index contributed by atoms with van der Waals surface area (Å²) in [6.45, 7) is 4.70. The summed E-state index contributed by atoms with van der Waals surface area (Å²) in [6.07, 6.45) is 0. The molecule has 0 spiro atoms. The van der Waals surface area contributed by atoms with Crippen LogP contribution in [0.25, 0.3) is 11.0 Å². The van der Waals surface area contributed by atoms with Crippen molar-refractivity contribution in [3.05, 3.63) is 34.2 Å². The molecule has 1 N–H and O–H groups in total. The molecule has 1 aromatic heterocycles. The maximum atomic E-state index is 14.4. The van der Waals surface area contributed by atoms with E-state index < -0.39 is 11.6 Å². The first-order valence-electron chi connectivity index (χ1n) is 7.26. The topological polar surface area (TPSA) is 77.7 Å². The maximum absolute atomic E-state index is 14.4. The molecule has 1 saturated heterocycles. The van der Waals surface area contributed by atoms with E-state index in [1.54, 1.807) is 4.90 Å². The van der Waals surface area contributed by atoms with E-state index in [2.05, 4.69) is 0 Å². The first kappa shape index (κ1) is 15.4. The Morgan fingerprint density at radius 1 is 1.35 bits per heavy atom. The van der Waals surface area contributed by atoms with E-state index in [1.165, 1.54) is 19.9 Å². The Labute approximate surface area is 131 Å². The zero-order valence-electron chi connectivity index (χ0n) is 12.9. The Bertz CT molecular complexity index is 856. The van der Waals surface area contributed by atoms with Crippen LogP contribution in [-0.4, -0.2) is 42.0 Å². The Morgan fingerprint density at radius 3 is 2.61 bits per heavy atom. The highest BCUT2D eigenvalue weighted by atomic mass is 19.1. The standard InChI is InChI=1S/C15H17FN3O4/c1-9-15(10(2)20)19(22)13-7-11(16)12(8-14(13)18(9)21)17-3-5-23-6-4-17/h7-8,21H,3-6H2,1-2H3/q+1. The van der Waals surface area contributed by atoms with E-state index in [-0.39, 0.29) is 22.4 Å². The van der Waals surface area contributed by atoms with Gasteiger partial charge in [-0.15, -0.1) is 0 Å². The molecule has 0 radical (unpaired) electrons. The minimum absolute atomic E-state index is 0.0993. The lowest BCUT2D eigenvalue weighted by Crippen LogP contribution is -2.37. The van der Waals surface area contributed by atoms with Gasteiger partial charge in [0.05, 0.1) is 29.4 Å². The molecule has 122 valence electrons. The molecule has 0 amide bonds. The Morgan fingerprint density at radius 2 is 2.00 bits per heavy atom. The summed E-state index contributed by atoms with van der Waals surface area (Å²) < 4.78 is 20.8. The number of fused-ring (bicyclic) bond motifs is 1. The normalized spacial score (nSPS) is 15.2. The number of aromatic nitrogens is 2. The van der Waals surface area contributed by atoms with Crippen LogP contribution in [0.5, 0.6) is 0 Å². The van der Waals surface area contributed by atoms with Crippen LogP contribution < -0.4 is 9.33 Å². The van der Waals surface area contributed by atoms with Crippen LogP contribution in [0, 0.1) is 17.6 Å². The van der Waals surface area contributed by atoms with Crippen LogP contribution in [0.1, 0.15) is 23.1 Å². The fraction of sp³-hybridized carbons (Fsp3) is 0.400. The number of hydrogen-bond acceptors (Lipinski definition) is 5. The fourth-order valence-electron chi connectivity index (χ4n) is 2.87. The number of anilines is 1. The molecule has 0 atom stereocenters. The van der Waals surface area contributed by atoms with Gasteiger partial charge in [-0.05, 0) is 13.0 Å². The van der Waals surface area contributed by atoms with E-state index in [9.17, 15) is 19.3 Å². The number of benzene rings is 1. The van der Waals surface area contributed by atoms with Crippen molar-refractivity contribution in [2.75, 3.05) is 31.2 Å². The number of carbonyl (C=O) groups excluding carboxylic acids is 1. The van der Waals surface area contributed by atoms with Crippen LogP contribution in [0.15, 0.2) is 12.1 Å². The monoisotopic (exact) mass is 322 g/mol. The van der Waals surface area contributed by atoms with Crippen molar-refractivity contribution in [3.8, 4) is 0 Å². The van der Waals surface area contributed by atoms with Crippen LogP contribution in [0.4, 0.5) is 10.1 Å². The van der Waals surface area contributed by atoms with E-state index in [4.69, 9.17) is 4.74 Å². The molecule has 0 saturated carbocycles. The van der Waals surface area contributed by atoms with Crippen molar-refractivity contribution in [1.82, 2.24) is 4.73 Å². The van der Waals surface area contributed by atoms with E-state index in [0.29, 0.717) is 36.4 Å². The number of Topliss-reactive ketones (excluding diaryl/α,β-unsaturated/α-hetero) is 1. The summed E-state index contributed by atoms with van der Waals surface area (Å²) in [5.41, 5.74) is 0.236. The van der Waals surface area contributed by atoms with Gasteiger partial charge in [0.2, 0.25) is 5.78 Å². The summed E-state index contributed by atoms with van der Waals surface area (Å²) in [4.78, 5) is 25.8. The number of ketones is 1. The van der Waals surface area contributed by atoms with E-state index in [0.717, 1.165) is 10.8 Å². The fourth-order valence-corrected chi connectivity index (χ4v) is 2.87. The smallest absolute Gasteiger partial charge is 0.328 e. The molecule has 1 aliphatic heterocycles. The van der Waals surface area contributed by atoms with Gasteiger partial charge in [0.15, 0.2) is 11.3 Å². The molecule has 0 aliphatic carbocycles. The summed E-state index contributed by atoms with van der Waals surface area (Å²) in [7, 11) is 0. The predicted octanol–water partition coefficient (Wildman–Crippen LogP) is 1.28. The number of halogens is 1. The number of morpholine rings is 1. The summed E-state index contributed by atoms with van der Waals surface area (Å²) in [5.74, 6) is -1.08. The van der Waals surface area contributed by atoms with Crippen molar-refractivity contribution in [1.29, 1.82) is 0 Å². The summed E-state index contributed by atoms with van der Waals surface area (Å²) in [6, 6.07) is 2.47. The molecular formula is C15H17FN3O4+. The highest BCUT2D eigenvalue weighted by Crippen LogP contribution is 2.26. The average molecular weight is 322 g/mol. The van der Waals surface area contributed by atoms with E-state index in [1.807, 2.05) is 0 Å². The number of rotatable bonds is 2. The molecule has 0 bridgehead atoms. The summed E-state index contributed by atoms with van der Waals surface area (Å²) in [5, 5.41) is 10.3. The number of ether oxygens (including phenoxy) is 1. The quantitative estimate of drug-likeness (QED) is 0.512. The Balaban J connectivity index is 2.28. The highest BCUT2D eigenvalue weighted by molar-refractivity contribution is 5.93. The first-order valence-corrected chi connectivity index (χ1v) is 7.26. The second kappa shape index (κ2) is 5.62. The lowest BCUT2D eigenvalue weighted by Gasteiger charge is -2.29. The third kappa shape index (κ3) is 2.44. The second-order valence-corrected chi connectivity index (χ2v) is 5.49. The molecular weight excluding hydrogens is 305 g/mol. The molecule has 1 fully saturated rings. The molecule has 1 aromatic carbocycles. The first-order chi connectivity index (χ1) is 10.9. The zero-order chi connectivity index (χ0) is 16.7. The molecule has 0 unspecified atom stereocenters.